The lowest BCUT2D eigenvalue weighted by Gasteiger charge is -2.31. The Balaban J connectivity index is 1.65. The van der Waals surface area contributed by atoms with E-state index in [9.17, 15) is 9.59 Å². The van der Waals surface area contributed by atoms with Crippen LogP contribution in [0.25, 0.3) is 10.9 Å². The number of nitrogens with zero attached hydrogens (tertiary/aromatic N) is 2. The van der Waals surface area contributed by atoms with E-state index < -0.39 is 0 Å². The number of pyridine rings is 1. The van der Waals surface area contributed by atoms with Crippen LogP contribution in [0.15, 0.2) is 35.4 Å². The van der Waals surface area contributed by atoms with Gasteiger partial charge in [-0.3, -0.25) is 9.59 Å². The zero-order chi connectivity index (χ0) is 17.1. The lowest BCUT2D eigenvalue weighted by atomic mass is 9.97. The Labute approximate surface area is 145 Å². The molecule has 1 saturated heterocycles. The largest absolute Gasteiger partial charge is 0.369 e. The average molecular weight is 343 g/mol. The molecule has 3 rings (SSSR count). The monoisotopic (exact) mass is 343 g/mol. The summed E-state index contributed by atoms with van der Waals surface area (Å²) in [6.07, 6.45) is 1.61. The number of carbonyl (C=O) groups excluding carboxylic acids is 2. The van der Waals surface area contributed by atoms with Crippen molar-refractivity contribution < 1.29 is 9.59 Å². The van der Waals surface area contributed by atoms with Crippen molar-refractivity contribution in [1.29, 1.82) is 0 Å². The Morgan fingerprint density at radius 2 is 2.17 bits per heavy atom. The number of benzene rings is 1. The van der Waals surface area contributed by atoms with Crippen molar-refractivity contribution in [3.05, 3.63) is 35.9 Å². The summed E-state index contributed by atoms with van der Waals surface area (Å²) in [5.41, 5.74) is 7.47. The number of aryl methyl sites for hydroxylation is 1. The van der Waals surface area contributed by atoms with Crippen LogP contribution in [0.4, 0.5) is 0 Å². The van der Waals surface area contributed by atoms with Crippen LogP contribution in [0.5, 0.6) is 0 Å². The highest BCUT2D eigenvalue weighted by atomic mass is 32.2. The first kappa shape index (κ1) is 16.8. The zero-order valence-electron chi connectivity index (χ0n) is 13.7. The van der Waals surface area contributed by atoms with Gasteiger partial charge in [0.2, 0.25) is 11.8 Å². The van der Waals surface area contributed by atoms with E-state index in [0.29, 0.717) is 18.8 Å². The number of rotatable bonds is 4. The summed E-state index contributed by atoms with van der Waals surface area (Å²) < 4.78 is 0. The smallest absolute Gasteiger partial charge is 0.233 e. The number of carbonyl (C=O) groups is 2. The minimum Gasteiger partial charge on any atom is -0.369 e. The van der Waals surface area contributed by atoms with E-state index in [1.54, 1.807) is 4.90 Å². The van der Waals surface area contributed by atoms with Gasteiger partial charge in [0.05, 0.1) is 22.2 Å². The first-order chi connectivity index (χ1) is 11.5. The van der Waals surface area contributed by atoms with Gasteiger partial charge in [0.25, 0.3) is 0 Å². The molecule has 0 aliphatic carbocycles. The molecule has 2 amide bonds. The molecule has 5 nitrogen and oxygen atoms in total. The molecule has 2 heterocycles. The van der Waals surface area contributed by atoms with Gasteiger partial charge in [-0.05, 0) is 37.5 Å². The molecule has 0 radical (unpaired) electrons. The van der Waals surface area contributed by atoms with Gasteiger partial charge in [0.15, 0.2) is 0 Å². The van der Waals surface area contributed by atoms with E-state index in [4.69, 9.17) is 5.73 Å². The molecule has 0 bridgehead atoms. The molecule has 1 aliphatic heterocycles. The molecule has 1 aromatic heterocycles. The maximum atomic E-state index is 12.4. The van der Waals surface area contributed by atoms with E-state index in [-0.39, 0.29) is 17.7 Å². The van der Waals surface area contributed by atoms with Crippen molar-refractivity contribution in [2.24, 2.45) is 11.7 Å². The van der Waals surface area contributed by atoms with Crippen LogP contribution in [-0.2, 0) is 9.59 Å². The lowest BCUT2D eigenvalue weighted by Crippen LogP contribution is -2.44. The molecule has 24 heavy (non-hydrogen) atoms. The molecule has 6 heteroatoms. The predicted molar refractivity (Wildman–Crippen MR) is 95.7 cm³/mol. The SMILES string of the molecule is Cc1cc(SCC(=O)N2CCCC(C(N)=O)C2)nc2ccccc12. The normalized spacial score (nSPS) is 17.9. The summed E-state index contributed by atoms with van der Waals surface area (Å²) in [4.78, 5) is 30.1. The van der Waals surface area contributed by atoms with Crippen LogP contribution in [0, 0.1) is 12.8 Å². The maximum Gasteiger partial charge on any atom is 0.233 e. The number of thioether (sulfide) groups is 1. The Bertz CT molecular complexity index is 778. The van der Waals surface area contributed by atoms with E-state index >= 15 is 0 Å². The quantitative estimate of drug-likeness (QED) is 0.865. The van der Waals surface area contributed by atoms with Crippen molar-refractivity contribution in [2.45, 2.75) is 24.8 Å². The van der Waals surface area contributed by atoms with Crippen molar-refractivity contribution in [3.63, 3.8) is 0 Å². The molecule has 1 unspecified atom stereocenters. The number of hydrogen-bond acceptors (Lipinski definition) is 4. The van der Waals surface area contributed by atoms with E-state index in [1.807, 2.05) is 24.3 Å². The number of fused-ring (bicyclic) bond motifs is 1. The maximum absolute atomic E-state index is 12.4. The average Bonchev–Trinajstić information content (AvgIpc) is 2.60. The van der Waals surface area contributed by atoms with Crippen LogP contribution in [0.3, 0.4) is 0 Å². The summed E-state index contributed by atoms with van der Waals surface area (Å²) in [5, 5.41) is 1.98. The first-order valence-corrected chi connectivity index (χ1v) is 9.09. The number of likely N-dealkylation sites (tertiary alicyclic amines) is 1. The molecule has 1 atom stereocenters. The van der Waals surface area contributed by atoms with Gasteiger partial charge in [-0.15, -0.1) is 0 Å². The fourth-order valence-electron chi connectivity index (χ4n) is 3.06. The third-order valence-corrected chi connectivity index (χ3v) is 5.32. The van der Waals surface area contributed by atoms with Gasteiger partial charge in [-0.25, -0.2) is 4.98 Å². The Morgan fingerprint density at radius 3 is 2.96 bits per heavy atom. The topological polar surface area (TPSA) is 76.3 Å². The third kappa shape index (κ3) is 3.70. The third-order valence-electron chi connectivity index (χ3n) is 4.42. The van der Waals surface area contributed by atoms with Crippen molar-refractivity contribution in [1.82, 2.24) is 9.88 Å². The van der Waals surface area contributed by atoms with Crippen molar-refractivity contribution >= 4 is 34.5 Å². The summed E-state index contributed by atoms with van der Waals surface area (Å²) in [6, 6.07) is 10.0. The number of aromatic nitrogens is 1. The number of nitrogens with two attached hydrogens (primary N) is 1. The summed E-state index contributed by atoms with van der Waals surface area (Å²) in [5.74, 6) is -0.157. The molecule has 1 aromatic carbocycles. The molecule has 0 saturated carbocycles. The summed E-state index contributed by atoms with van der Waals surface area (Å²) >= 11 is 1.44. The molecule has 0 spiro atoms. The number of amides is 2. The van der Waals surface area contributed by atoms with Crippen LogP contribution >= 0.6 is 11.8 Å². The molecule has 126 valence electrons. The van der Waals surface area contributed by atoms with Crippen LogP contribution in [0.1, 0.15) is 18.4 Å². The molecule has 1 aliphatic rings. The number of hydrogen-bond donors (Lipinski definition) is 1. The Kier molecular flexibility index (Phi) is 5.04. The second kappa shape index (κ2) is 7.21. The number of primary amides is 1. The summed E-state index contributed by atoms with van der Waals surface area (Å²) in [6.45, 7) is 3.20. The fourth-order valence-corrected chi connectivity index (χ4v) is 3.93. The molecular weight excluding hydrogens is 322 g/mol. The van der Waals surface area contributed by atoms with Gasteiger partial charge in [0.1, 0.15) is 0 Å². The lowest BCUT2D eigenvalue weighted by molar-refractivity contribution is -0.132. The second-order valence-electron chi connectivity index (χ2n) is 6.16. The highest BCUT2D eigenvalue weighted by Crippen LogP contribution is 2.24. The Morgan fingerprint density at radius 1 is 1.38 bits per heavy atom. The fraction of sp³-hybridized carbons (Fsp3) is 0.389. The van der Waals surface area contributed by atoms with E-state index in [1.165, 1.54) is 11.8 Å². The zero-order valence-corrected chi connectivity index (χ0v) is 14.5. The minimum absolute atomic E-state index is 0.0403. The van der Waals surface area contributed by atoms with Crippen molar-refractivity contribution in [3.8, 4) is 0 Å². The number of piperidine rings is 1. The first-order valence-electron chi connectivity index (χ1n) is 8.11. The highest BCUT2D eigenvalue weighted by Gasteiger charge is 2.26. The predicted octanol–water partition coefficient (Wildman–Crippen LogP) is 2.36. The van der Waals surface area contributed by atoms with Crippen LogP contribution in [-0.4, -0.2) is 40.5 Å². The van der Waals surface area contributed by atoms with Gasteiger partial charge < -0.3 is 10.6 Å². The van der Waals surface area contributed by atoms with Gasteiger partial charge in [0, 0.05) is 18.5 Å². The van der Waals surface area contributed by atoms with Crippen LogP contribution in [0.2, 0.25) is 0 Å². The highest BCUT2D eigenvalue weighted by molar-refractivity contribution is 7.99. The van der Waals surface area contributed by atoms with E-state index in [0.717, 1.165) is 34.3 Å². The Hall–Kier alpha value is -2.08. The van der Waals surface area contributed by atoms with Crippen molar-refractivity contribution in [2.75, 3.05) is 18.8 Å². The molecule has 2 N–H and O–H groups in total. The van der Waals surface area contributed by atoms with Gasteiger partial charge in [-0.2, -0.15) is 0 Å². The molecule has 1 fully saturated rings. The standard InChI is InChI=1S/C18H21N3O2S/c1-12-9-16(20-15-7-3-2-6-14(12)15)24-11-17(22)21-8-4-5-13(10-21)18(19)23/h2-3,6-7,9,13H,4-5,8,10-11H2,1H3,(H2,19,23). The summed E-state index contributed by atoms with van der Waals surface area (Å²) in [7, 11) is 0. The minimum atomic E-state index is -0.313. The van der Waals surface area contributed by atoms with Crippen LogP contribution < -0.4 is 5.73 Å². The molecule has 2 aromatic rings. The van der Waals surface area contributed by atoms with Gasteiger partial charge in [-0.1, -0.05) is 30.0 Å². The molecular formula is C18H21N3O2S. The second-order valence-corrected chi connectivity index (χ2v) is 7.16. The van der Waals surface area contributed by atoms with E-state index in [2.05, 4.69) is 18.0 Å². The number of para-hydroxylation sites is 1. The van der Waals surface area contributed by atoms with Gasteiger partial charge >= 0.3 is 0 Å².